The second kappa shape index (κ2) is 4.77. The van der Waals surface area contributed by atoms with Crippen molar-refractivity contribution in [3.8, 4) is 0 Å². The van der Waals surface area contributed by atoms with Crippen molar-refractivity contribution in [1.82, 2.24) is 14.7 Å². The molecule has 2 heterocycles. The minimum absolute atomic E-state index is 0.0570. The summed E-state index contributed by atoms with van der Waals surface area (Å²) in [5.74, 6) is -1.43. The Hall–Kier alpha value is -1.89. The number of likely N-dealkylation sites (tertiary alicyclic amines) is 1. The van der Waals surface area contributed by atoms with E-state index < -0.39 is 24.2 Å². The summed E-state index contributed by atoms with van der Waals surface area (Å²) in [6, 6.07) is 0.162. The summed E-state index contributed by atoms with van der Waals surface area (Å²) in [5.41, 5.74) is 0. The maximum Gasteiger partial charge on any atom is 0.326 e. The highest BCUT2D eigenvalue weighted by atomic mass is 16.4. The Balaban J connectivity index is 2.15. The fourth-order valence-electron chi connectivity index (χ4n) is 2.15. The molecular formula is C11H15N3O4. The molecule has 1 aliphatic rings. The minimum atomic E-state index is -1.09. The average molecular weight is 253 g/mol. The first-order chi connectivity index (χ1) is 8.50. The van der Waals surface area contributed by atoms with Crippen LogP contribution in [-0.4, -0.2) is 55.5 Å². The molecule has 1 fully saturated rings. The van der Waals surface area contributed by atoms with E-state index in [0.717, 1.165) is 0 Å². The molecule has 2 rings (SSSR count). The number of hydrogen-bond acceptors (Lipinski definition) is 4. The number of nitrogens with zero attached hydrogens (tertiary/aromatic N) is 3. The van der Waals surface area contributed by atoms with Crippen molar-refractivity contribution in [1.29, 1.82) is 0 Å². The van der Waals surface area contributed by atoms with Crippen LogP contribution in [0.5, 0.6) is 0 Å². The first kappa shape index (κ1) is 12.6. The molecule has 1 amide bonds. The van der Waals surface area contributed by atoms with Gasteiger partial charge in [-0.15, -0.1) is 0 Å². The molecule has 7 nitrogen and oxygen atoms in total. The third kappa shape index (κ3) is 2.21. The van der Waals surface area contributed by atoms with E-state index in [2.05, 4.69) is 5.10 Å². The van der Waals surface area contributed by atoms with E-state index in [0.29, 0.717) is 0 Å². The predicted molar refractivity (Wildman–Crippen MR) is 60.7 cm³/mol. The number of rotatable bonds is 3. The molecule has 1 aromatic rings. The second-order valence-corrected chi connectivity index (χ2v) is 4.40. The Morgan fingerprint density at radius 2 is 2.22 bits per heavy atom. The molecule has 98 valence electrons. The molecule has 0 aliphatic carbocycles. The van der Waals surface area contributed by atoms with E-state index in [9.17, 15) is 14.7 Å². The van der Waals surface area contributed by atoms with Gasteiger partial charge in [-0.05, 0) is 13.0 Å². The molecular weight excluding hydrogens is 238 g/mol. The lowest BCUT2D eigenvalue weighted by molar-refractivity contribution is -0.149. The van der Waals surface area contributed by atoms with Crippen molar-refractivity contribution in [2.45, 2.75) is 31.5 Å². The maximum absolute atomic E-state index is 12.2. The molecule has 0 radical (unpaired) electrons. The first-order valence-corrected chi connectivity index (χ1v) is 5.71. The lowest BCUT2D eigenvalue weighted by atomic mass is 10.2. The fraction of sp³-hybridized carbons (Fsp3) is 0.545. The number of carbonyl (C=O) groups is 2. The highest BCUT2D eigenvalue weighted by Crippen LogP contribution is 2.21. The van der Waals surface area contributed by atoms with Crippen LogP contribution >= 0.6 is 0 Å². The number of carboxylic acids is 1. The largest absolute Gasteiger partial charge is 0.480 e. The van der Waals surface area contributed by atoms with Crippen molar-refractivity contribution >= 4 is 11.9 Å². The van der Waals surface area contributed by atoms with E-state index in [4.69, 9.17) is 5.11 Å². The lowest BCUT2D eigenvalue weighted by Crippen LogP contribution is -2.43. The van der Waals surface area contributed by atoms with Crippen LogP contribution in [0.1, 0.15) is 19.4 Å². The Labute approximate surface area is 104 Å². The van der Waals surface area contributed by atoms with Crippen LogP contribution in [0.4, 0.5) is 0 Å². The third-order valence-electron chi connectivity index (χ3n) is 3.13. The highest BCUT2D eigenvalue weighted by Gasteiger charge is 2.40. The molecule has 1 unspecified atom stereocenters. The molecule has 0 aromatic carbocycles. The Bertz CT molecular complexity index is 445. The number of β-amino-alcohol motifs (C(OH)–C–C–N with tert-alkyl or cyclic N) is 1. The van der Waals surface area contributed by atoms with Gasteiger partial charge in [0.15, 0.2) is 0 Å². The summed E-state index contributed by atoms with van der Waals surface area (Å²) < 4.78 is 1.46. The summed E-state index contributed by atoms with van der Waals surface area (Å²) in [6.07, 6.45) is 2.49. The van der Waals surface area contributed by atoms with E-state index in [1.807, 2.05) is 0 Å². The molecule has 2 N–H and O–H groups in total. The van der Waals surface area contributed by atoms with E-state index in [1.165, 1.54) is 9.58 Å². The number of carboxylic acid groups (broad SMARTS) is 1. The highest BCUT2D eigenvalue weighted by molar-refractivity contribution is 5.86. The summed E-state index contributed by atoms with van der Waals surface area (Å²) in [6.45, 7) is 1.71. The predicted octanol–water partition coefficient (Wildman–Crippen LogP) is -0.510. The van der Waals surface area contributed by atoms with Gasteiger partial charge in [-0.3, -0.25) is 9.48 Å². The van der Waals surface area contributed by atoms with Gasteiger partial charge in [0.2, 0.25) is 5.91 Å². The normalized spacial score (nSPS) is 25.1. The van der Waals surface area contributed by atoms with Gasteiger partial charge in [0.25, 0.3) is 0 Å². The van der Waals surface area contributed by atoms with E-state index in [1.54, 1.807) is 25.4 Å². The Kier molecular flexibility index (Phi) is 3.33. The number of aromatic nitrogens is 2. The van der Waals surface area contributed by atoms with Crippen molar-refractivity contribution in [3.05, 3.63) is 18.5 Å². The second-order valence-electron chi connectivity index (χ2n) is 4.40. The smallest absolute Gasteiger partial charge is 0.326 e. The molecule has 0 saturated carbocycles. The Morgan fingerprint density at radius 3 is 2.78 bits per heavy atom. The van der Waals surface area contributed by atoms with Crippen LogP contribution in [0.3, 0.4) is 0 Å². The number of carbonyl (C=O) groups excluding carboxylic acids is 1. The van der Waals surface area contributed by atoms with Crippen LogP contribution in [0.15, 0.2) is 18.5 Å². The summed E-state index contributed by atoms with van der Waals surface area (Å²) >= 11 is 0. The van der Waals surface area contributed by atoms with Crippen LogP contribution < -0.4 is 0 Å². The van der Waals surface area contributed by atoms with Gasteiger partial charge >= 0.3 is 5.97 Å². The minimum Gasteiger partial charge on any atom is -0.480 e. The molecule has 7 heteroatoms. The van der Waals surface area contributed by atoms with Crippen LogP contribution in [0, 0.1) is 0 Å². The third-order valence-corrected chi connectivity index (χ3v) is 3.13. The van der Waals surface area contributed by atoms with Gasteiger partial charge in [0.1, 0.15) is 12.1 Å². The number of hydrogen-bond donors (Lipinski definition) is 2. The number of amides is 1. The SMILES string of the molecule is CC(C(=O)N1C[C@H](O)C[C@H]1C(=O)O)n1cccn1. The molecule has 3 atom stereocenters. The summed E-state index contributed by atoms with van der Waals surface area (Å²) in [7, 11) is 0. The van der Waals surface area contributed by atoms with Gasteiger partial charge < -0.3 is 15.1 Å². The topological polar surface area (TPSA) is 95.7 Å². The lowest BCUT2D eigenvalue weighted by Gasteiger charge is -2.24. The quantitative estimate of drug-likeness (QED) is 0.756. The van der Waals surface area contributed by atoms with Crippen molar-refractivity contribution in [2.75, 3.05) is 6.54 Å². The van der Waals surface area contributed by atoms with Crippen molar-refractivity contribution in [2.24, 2.45) is 0 Å². The molecule has 1 aliphatic heterocycles. The molecule has 1 aromatic heterocycles. The zero-order valence-electron chi connectivity index (χ0n) is 9.93. The van der Waals surface area contributed by atoms with Gasteiger partial charge in [-0.25, -0.2) is 4.79 Å². The zero-order valence-corrected chi connectivity index (χ0v) is 9.93. The molecule has 18 heavy (non-hydrogen) atoms. The van der Waals surface area contributed by atoms with E-state index in [-0.39, 0.29) is 18.9 Å². The fourth-order valence-corrected chi connectivity index (χ4v) is 2.15. The molecule has 0 bridgehead atoms. The zero-order chi connectivity index (χ0) is 13.3. The summed E-state index contributed by atoms with van der Waals surface area (Å²) in [5, 5.41) is 22.5. The Morgan fingerprint density at radius 1 is 1.50 bits per heavy atom. The average Bonchev–Trinajstić information content (AvgIpc) is 2.95. The van der Waals surface area contributed by atoms with Gasteiger partial charge in [-0.1, -0.05) is 0 Å². The number of aliphatic hydroxyl groups is 1. The van der Waals surface area contributed by atoms with Crippen molar-refractivity contribution in [3.63, 3.8) is 0 Å². The van der Waals surface area contributed by atoms with E-state index >= 15 is 0 Å². The molecule has 1 saturated heterocycles. The standard InChI is InChI=1S/C11H15N3O4/c1-7(14-4-2-3-12-14)10(16)13-6-8(15)5-9(13)11(17)18/h2-4,7-9,15H,5-6H2,1H3,(H,17,18)/t7?,8-,9+/m1/s1. The first-order valence-electron chi connectivity index (χ1n) is 5.71. The van der Waals surface area contributed by atoms with Crippen LogP contribution in [0.2, 0.25) is 0 Å². The molecule has 0 spiro atoms. The monoisotopic (exact) mass is 253 g/mol. The van der Waals surface area contributed by atoms with Gasteiger partial charge in [0, 0.05) is 25.4 Å². The van der Waals surface area contributed by atoms with Crippen LogP contribution in [0.25, 0.3) is 0 Å². The number of aliphatic hydroxyl groups excluding tert-OH is 1. The summed E-state index contributed by atoms with van der Waals surface area (Å²) in [4.78, 5) is 24.4. The van der Waals surface area contributed by atoms with Crippen molar-refractivity contribution < 1.29 is 19.8 Å². The van der Waals surface area contributed by atoms with Gasteiger partial charge in [0.05, 0.1) is 6.10 Å². The van der Waals surface area contributed by atoms with Gasteiger partial charge in [-0.2, -0.15) is 5.10 Å². The van der Waals surface area contributed by atoms with Crippen LogP contribution in [-0.2, 0) is 9.59 Å². The number of aliphatic carboxylic acids is 1. The maximum atomic E-state index is 12.2.